The minimum absolute atomic E-state index is 0.354. The second-order valence-electron chi connectivity index (χ2n) is 7.43. The summed E-state index contributed by atoms with van der Waals surface area (Å²) in [6.07, 6.45) is 3.85. The van der Waals surface area contributed by atoms with Gasteiger partial charge in [-0.3, -0.25) is 9.69 Å². The zero-order valence-corrected chi connectivity index (χ0v) is 15.2. The van der Waals surface area contributed by atoms with Crippen LogP contribution in [0.4, 0.5) is 0 Å². The maximum atomic E-state index is 11.5. The lowest BCUT2D eigenvalue weighted by molar-refractivity contribution is 0.1000. The van der Waals surface area contributed by atoms with Crippen LogP contribution in [0.1, 0.15) is 40.7 Å². The van der Waals surface area contributed by atoms with Crippen molar-refractivity contribution in [2.45, 2.75) is 38.4 Å². The molecule has 0 bridgehead atoms. The maximum absolute atomic E-state index is 11.5. The Morgan fingerprint density at radius 3 is 2.76 bits per heavy atom. The molecule has 25 heavy (non-hydrogen) atoms. The van der Waals surface area contributed by atoms with Gasteiger partial charge in [-0.05, 0) is 77.9 Å². The van der Waals surface area contributed by atoms with Gasteiger partial charge in [-0.2, -0.15) is 11.3 Å². The largest absolute Gasteiger partial charge is 0.366 e. The Morgan fingerprint density at radius 2 is 2.04 bits per heavy atom. The number of piperidine rings is 1. The van der Waals surface area contributed by atoms with E-state index in [0.29, 0.717) is 17.0 Å². The highest BCUT2D eigenvalue weighted by Crippen LogP contribution is 2.56. The second-order valence-corrected chi connectivity index (χ2v) is 8.21. The molecule has 1 aliphatic heterocycles. The zero-order valence-electron chi connectivity index (χ0n) is 14.4. The molecule has 132 valence electrons. The highest BCUT2D eigenvalue weighted by molar-refractivity contribution is 7.07. The monoisotopic (exact) mass is 355 g/mol. The molecule has 2 aliphatic rings. The van der Waals surface area contributed by atoms with Crippen LogP contribution in [0.15, 0.2) is 41.1 Å². The normalized spacial score (nSPS) is 21.6. The molecule has 0 radical (unpaired) electrons. The van der Waals surface area contributed by atoms with Crippen LogP contribution < -0.4 is 11.1 Å². The van der Waals surface area contributed by atoms with Crippen molar-refractivity contribution in [3.05, 3.63) is 57.8 Å². The van der Waals surface area contributed by atoms with E-state index in [9.17, 15) is 4.79 Å². The maximum Gasteiger partial charge on any atom is 0.248 e. The van der Waals surface area contributed by atoms with Crippen molar-refractivity contribution in [2.24, 2.45) is 11.1 Å². The SMILES string of the molecule is NC(=O)c1cccc(CN(Cc2ccsc2)[C@@H]2CC23CCNCC3)c1. The van der Waals surface area contributed by atoms with Crippen LogP contribution in [-0.2, 0) is 13.1 Å². The standard InChI is InChI=1S/C20H25N3OS/c21-19(24)17-3-1-2-15(10-17)12-23(13-16-4-9-25-14-16)18-11-20(18)5-7-22-8-6-20/h1-4,9-10,14,18,22H,5-8,11-13H2,(H2,21,24)/t18-/m1/s1. The van der Waals surface area contributed by atoms with Gasteiger partial charge >= 0.3 is 0 Å². The molecule has 1 saturated carbocycles. The van der Waals surface area contributed by atoms with Gasteiger partial charge in [0.25, 0.3) is 0 Å². The molecule has 2 fully saturated rings. The lowest BCUT2D eigenvalue weighted by atomic mass is 9.93. The van der Waals surface area contributed by atoms with E-state index in [0.717, 1.165) is 26.2 Å². The molecule has 4 rings (SSSR count). The molecule has 1 aromatic heterocycles. The first-order chi connectivity index (χ1) is 12.2. The van der Waals surface area contributed by atoms with Gasteiger partial charge in [-0.1, -0.05) is 12.1 Å². The molecule has 2 aromatic rings. The Kier molecular flexibility index (Phi) is 4.63. The lowest BCUT2D eigenvalue weighted by Crippen LogP contribution is -2.35. The van der Waals surface area contributed by atoms with Crippen molar-refractivity contribution in [1.82, 2.24) is 10.2 Å². The quantitative estimate of drug-likeness (QED) is 0.837. The number of hydrogen-bond donors (Lipinski definition) is 2. The molecule has 1 aromatic carbocycles. The summed E-state index contributed by atoms with van der Waals surface area (Å²) in [7, 11) is 0. The Labute approximate surface area is 153 Å². The average molecular weight is 356 g/mol. The van der Waals surface area contributed by atoms with Crippen molar-refractivity contribution < 1.29 is 4.79 Å². The molecule has 3 N–H and O–H groups in total. The van der Waals surface area contributed by atoms with E-state index >= 15 is 0 Å². The van der Waals surface area contributed by atoms with E-state index in [-0.39, 0.29) is 5.91 Å². The molecule has 1 saturated heterocycles. The van der Waals surface area contributed by atoms with Crippen molar-refractivity contribution in [2.75, 3.05) is 13.1 Å². The number of nitrogens with zero attached hydrogens (tertiary/aromatic N) is 1. The van der Waals surface area contributed by atoms with Crippen molar-refractivity contribution >= 4 is 17.2 Å². The number of carbonyl (C=O) groups excluding carboxylic acids is 1. The van der Waals surface area contributed by atoms with E-state index in [4.69, 9.17) is 5.73 Å². The van der Waals surface area contributed by atoms with Gasteiger partial charge in [-0.25, -0.2) is 0 Å². The summed E-state index contributed by atoms with van der Waals surface area (Å²) in [4.78, 5) is 14.1. The van der Waals surface area contributed by atoms with Gasteiger partial charge in [0.15, 0.2) is 0 Å². The first-order valence-corrected chi connectivity index (χ1v) is 9.95. The fraction of sp³-hybridized carbons (Fsp3) is 0.450. The number of hydrogen-bond acceptors (Lipinski definition) is 4. The fourth-order valence-corrected chi connectivity index (χ4v) is 4.92. The van der Waals surface area contributed by atoms with Crippen molar-refractivity contribution in [3.63, 3.8) is 0 Å². The summed E-state index contributed by atoms with van der Waals surface area (Å²) in [5, 5.41) is 7.87. The third-order valence-electron chi connectivity index (χ3n) is 5.75. The molecule has 1 aliphatic carbocycles. The van der Waals surface area contributed by atoms with Crippen LogP contribution in [0.2, 0.25) is 0 Å². The number of carbonyl (C=O) groups is 1. The predicted molar refractivity (Wildman–Crippen MR) is 101 cm³/mol. The lowest BCUT2D eigenvalue weighted by Gasteiger charge is -2.29. The van der Waals surface area contributed by atoms with Crippen LogP contribution in [-0.4, -0.2) is 29.9 Å². The highest BCUT2D eigenvalue weighted by Gasteiger charge is 2.56. The highest BCUT2D eigenvalue weighted by atomic mass is 32.1. The average Bonchev–Trinajstić information content (AvgIpc) is 3.05. The van der Waals surface area contributed by atoms with Gasteiger partial charge in [0, 0.05) is 24.7 Å². The fourth-order valence-electron chi connectivity index (χ4n) is 4.26. The number of thiophene rings is 1. The molecular weight excluding hydrogens is 330 g/mol. The molecule has 1 spiro atoms. The topological polar surface area (TPSA) is 58.4 Å². The number of nitrogens with two attached hydrogens (primary N) is 1. The summed E-state index contributed by atoms with van der Waals surface area (Å²) in [5.74, 6) is -0.354. The Morgan fingerprint density at radius 1 is 1.24 bits per heavy atom. The summed E-state index contributed by atoms with van der Waals surface area (Å²) < 4.78 is 0. The van der Waals surface area contributed by atoms with E-state index in [1.54, 1.807) is 17.4 Å². The summed E-state index contributed by atoms with van der Waals surface area (Å²) >= 11 is 1.76. The smallest absolute Gasteiger partial charge is 0.248 e. The van der Waals surface area contributed by atoms with Crippen molar-refractivity contribution in [1.29, 1.82) is 0 Å². The van der Waals surface area contributed by atoms with Gasteiger partial charge in [0.1, 0.15) is 0 Å². The van der Waals surface area contributed by atoms with Crippen LogP contribution in [0, 0.1) is 5.41 Å². The van der Waals surface area contributed by atoms with Gasteiger partial charge in [-0.15, -0.1) is 0 Å². The van der Waals surface area contributed by atoms with E-state index in [2.05, 4.69) is 33.1 Å². The minimum atomic E-state index is -0.354. The number of primary amides is 1. The second kappa shape index (κ2) is 6.90. The first kappa shape index (κ1) is 16.8. The number of benzene rings is 1. The number of amides is 1. The van der Waals surface area contributed by atoms with Crippen molar-refractivity contribution in [3.8, 4) is 0 Å². The molecule has 4 nitrogen and oxygen atoms in total. The number of rotatable bonds is 6. The third-order valence-corrected chi connectivity index (χ3v) is 6.48. The molecule has 5 heteroatoms. The first-order valence-electron chi connectivity index (χ1n) is 9.01. The Hall–Kier alpha value is -1.69. The van der Waals surface area contributed by atoms with E-state index < -0.39 is 0 Å². The third kappa shape index (κ3) is 3.64. The van der Waals surface area contributed by atoms with E-state index in [1.807, 2.05) is 12.1 Å². The Balaban J connectivity index is 1.53. The predicted octanol–water partition coefficient (Wildman–Crippen LogP) is 2.99. The van der Waals surface area contributed by atoms with Crippen LogP contribution in [0.5, 0.6) is 0 Å². The summed E-state index contributed by atoms with van der Waals surface area (Å²) in [6, 6.07) is 10.6. The molecule has 1 atom stereocenters. The van der Waals surface area contributed by atoms with Crippen LogP contribution >= 0.6 is 11.3 Å². The van der Waals surface area contributed by atoms with Gasteiger partial charge in [0.2, 0.25) is 5.91 Å². The number of nitrogens with one attached hydrogen (secondary N) is 1. The molecular formula is C20H25N3OS. The van der Waals surface area contributed by atoms with Crippen LogP contribution in [0.25, 0.3) is 0 Å². The van der Waals surface area contributed by atoms with Gasteiger partial charge in [0.05, 0.1) is 0 Å². The van der Waals surface area contributed by atoms with E-state index in [1.165, 1.54) is 30.4 Å². The van der Waals surface area contributed by atoms with Crippen LogP contribution in [0.3, 0.4) is 0 Å². The Bertz CT molecular complexity index is 737. The molecule has 1 amide bonds. The molecule has 0 unspecified atom stereocenters. The summed E-state index contributed by atoms with van der Waals surface area (Å²) in [5.41, 5.74) is 9.10. The zero-order chi connectivity index (χ0) is 17.3. The minimum Gasteiger partial charge on any atom is -0.366 e. The molecule has 2 heterocycles. The van der Waals surface area contributed by atoms with Gasteiger partial charge < -0.3 is 11.1 Å². The summed E-state index contributed by atoms with van der Waals surface area (Å²) in [6.45, 7) is 4.13.